The minimum atomic E-state index is -3.57. The van der Waals surface area contributed by atoms with Gasteiger partial charge in [0.1, 0.15) is 5.75 Å². The van der Waals surface area contributed by atoms with Gasteiger partial charge < -0.3 is 10.1 Å². The van der Waals surface area contributed by atoms with Crippen molar-refractivity contribution in [2.75, 3.05) is 11.9 Å². The molecule has 0 unspecified atom stereocenters. The molecular weight excluding hydrogens is 316 g/mol. The number of nitrogens with one attached hydrogen (secondary N) is 2. The molecule has 0 saturated heterocycles. The van der Waals surface area contributed by atoms with E-state index in [0.29, 0.717) is 24.4 Å². The van der Waals surface area contributed by atoms with Crippen LogP contribution in [-0.2, 0) is 14.8 Å². The van der Waals surface area contributed by atoms with E-state index in [1.807, 2.05) is 6.92 Å². The minimum Gasteiger partial charge on any atom is -0.478 e. The number of unbranched alkanes of at least 4 members (excludes halogenated alkanes) is 2. The molecule has 6 nitrogen and oxygen atoms in total. The summed E-state index contributed by atoms with van der Waals surface area (Å²) in [7, 11) is -3.57. The van der Waals surface area contributed by atoms with Gasteiger partial charge in [-0.25, -0.2) is 13.1 Å². The Hall–Kier alpha value is -1.60. The summed E-state index contributed by atoms with van der Waals surface area (Å²) in [5.74, 6) is 0.289. The van der Waals surface area contributed by atoms with Crippen LogP contribution >= 0.6 is 0 Å². The molecule has 0 bridgehead atoms. The van der Waals surface area contributed by atoms with Crippen LogP contribution < -0.4 is 14.8 Å². The van der Waals surface area contributed by atoms with Crippen molar-refractivity contribution in [3.63, 3.8) is 0 Å². The normalized spacial score (nSPS) is 17.3. The molecule has 128 valence electrons. The van der Waals surface area contributed by atoms with E-state index in [4.69, 9.17) is 4.74 Å². The SMILES string of the molecule is CCCCNS(=O)(=O)c1ccc2c(c1)NC(=O)[C@H](CCCC)O2. The summed E-state index contributed by atoms with van der Waals surface area (Å²) in [5, 5.41) is 2.74. The highest BCUT2D eigenvalue weighted by molar-refractivity contribution is 7.89. The number of benzene rings is 1. The molecule has 23 heavy (non-hydrogen) atoms. The lowest BCUT2D eigenvalue weighted by Gasteiger charge is -2.26. The molecule has 1 aliphatic rings. The fraction of sp³-hybridized carbons (Fsp3) is 0.562. The molecule has 0 radical (unpaired) electrons. The Balaban J connectivity index is 2.15. The first kappa shape index (κ1) is 17.7. The first-order valence-electron chi connectivity index (χ1n) is 8.09. The van der Waals surface area contributed by atoms with Crippen LogP contribution in [-0.4, -0.2) is 27.0 Å². The molecule has 0 saturated carbocycles. The number of ether oxygens (including phenoxy) is 1. The van der Waals surface area contributed by atoms with E-state index in [1.165, 1.54) is 12.1 Å². The predicted molar refractivity (Wildman–Crippen MR) is 89.1 cm³/mol. The Labute approximate surface area is 137 Å². The largest absolute Gasteiger partial charge is 0.478 e. The molecule has 1 aliphatic heterocycles. The Morgan fingerprint density at radius 1 is 1.22 bits per heavy atom. The highest BCUT2D eigenvalue weighted by Crippen LogP contribution is 2.32. The summed E-state index contributed by atoms with van der Waals surface area (Å²) in [5.41, 5.74) is 0.404. The molecule has 1 aromatic carbocycles. The molecule has 1 aromatic rings. The third-order valence-corrected chi connectivity index (χ3v) is 5.18. The number of carbonyl (C=O) groups is 1. The van der Waals surface area contributed by atoms with Crippen LogP contribution in [0, 0.1) is 0 Å². The van der Waals surface area contributed by atoms with Gasteiger partial charge in [-0.1, -0.05) is 26.7 Å². The lowest BCUT2D eigenvalue weighted by atomic mass is 10.1. The number of carbonyl (C=O) groups excluding carboxylic acids is 1. The van der Waals surface area contributed by atoms with Crippen LogP contribution in [0.3, 0.4) is 0 Å². The zero-order valence-corrected chi connectivity index (χ0v) is 14.4. The zero-order chi connectivity index (χ0) is 16.9. The van der Waals surface area contributed by atoms with Crippen molar-refractivity contribution in [3.8, 4) is 5.75 Å². The first-order valence-corrected chi connectivity index (χ1v) is 9.57. The Morgan fingerprint density at radius 2 is 1.96 bits per heavy atom. The van der Waals surface area contributed by atoms with E-state index < -0.39 is 16.1 Å². The van der Waals surface area contributed by atoms with Crippen molar-refractivity contribution < 1.29 is 17.9 Å². The van der Waals surface area contributed by atoms with Crippen molar-refractivity contribution in [2.24, 2.45) is 0 Å². The van der Waals surface area contributed by atoms with Crippen LogP contribution in [0.4, 0.5) is 5.69 Å². The predicted octanol–water partition coefficient (Wildman–Crippen LogP) is 2.65. The fourth-order valence-electron chi connectivity index (χ4n) is 2.34. The average Bonchev–Trinajstić information content (AvgIpc) is 2.52. The molecule has 2 N–H and O–H groups in total. The minimum absolute atomic E-state index is 0.128. The van der Waals surface area contributed by atoms with Gasteiger partial charge in [0.05, 0.1) is 10.6 Å². The van der Waals surface area contributed by atoms with E-state index in [1.54, 1.807) is 6.07 Å². The molecule has 0 spiro atoms. The molecule has 2 rings (SSSR count). The quantitative estimate of drug-likeness (QED) is 0.713. The van der Waals surface area contributed by atoms with E-state index in [2.05, 4.69) is 17.0 Å². The maximum atomic E-state index is 12.2. The van der Waals surface area contributed by atoms with Gasteiger partial charge in [0, 0.05) is 6.54 Å². The second-order valence-electron chi connectivity index (χ2n) is 5.65. The average molecular weight is 340 g/mol. The lowest BCUT2D eigenvalue weighted by Crippen LogP contribution is -2.37. The van der Waals surface area contributed by atoms with Crippen molar-refractivity contribution in [3.05, 3.63) is 18.2 Å². The second kappa shape index (κ2) is 7.79. The Kier molecular flexibility index (Phi) is 6.01. The van der Waals surface area contributed by atoms with E-state index in [-0.39, 0.29) is 10.8 Å². The number of amides is 1. The monoisotopic (exact) mass is 340 g/mol. The molecule has 1 heterocycles. The van der Waals surface area contributed by atoms with Gasteiger partial charge in [-0.2, -0.15) is 0 Å². The topological polar surface area (TPSA) is 84.5 Å². The van der Waals surface area contributed by atoms with Crippen LogP contribution in [0.1, 0.15) is 46.0 Å². The van der Waals surface area contributed by atoms with Gasteiger partial charge in [0.2, 0.25) is 10.0 Å². The number of rotatable bonds is 8. The van der Waals surface area contributed by atoms with Gasteiger partial charge in [0.25, 0.3) is 5.91 Å². The molecule has 0 aromatic heterocycles. The first-order chi connectivity index (χ1) is 11.0. The van der Waals surface area contributed by atoms with Crippen molar-refractivity contribution >= 4 is 21.6 Å². The Morgan fingerprint density at radius 3 is 2.65 bits per heavy atom. The summed E-state index contributed by atoms with van der Waals surface area (Å²) in [6.45, 7) is 4.45. The molecule has 1 amide bonds. The van der Waals surface area contributed by atoms with Crippen LogP contribution in [0.2, 0.25) is 0 Å². The summed E-state index contributed by atoms with van der Waals surface area (Å²) in [6, 6.07) is 4.54. The molecule has 0 fully saturated rings. The number of hydrogen-bond acceptors (Lipinski definition) is 4. The van der Waals surface area contributed by atoms with Gasteiger partial charge in [-0.05, 0) is 37.5 Å². The smallest absolute Gasteiger partial charge is 0.265 e. The summed E-state index contributed by atoms with van der Waals surface area (Å²) >= 11 is 0. The zero-order valence-electron chi connectivity index (χ0n) is 13.6. The third kappa shape index (κ3) is 4.45. The number of sulfonamides is 1. The molecule has 1 atom stereocenters. The number of hydrogen-bond donors (Lipinski definition) is 2. The van der Waals surface area contributed by atoms with E-state index in [0.717, 1.165) is 25.7 Å². The maximum absolute atomic E-state index is 12.2. The second-order valence-corrected chi connectivity index (χ2v) is 7.41. The van der Waals surface area contributed by atoms with E-state index in [9.17, 15) is 13.2 Å². The van der Waals surface area contributed by atoms with Crippen LogP contribution in [0.25, 0.3) is 0 Å². The van der Waals surface area contributed by atoms with Gasteiger partial charge in [-0.3, -0.25) is 4.79 Å². The van der Waals surface area contributed by atoms with Crippen molar-refractivity contribution in [1.82, 2.24) is 4.72 Å². The van der Waals surface area contributed by atoms with Crippen molar-refractivity contribution in [2.45, 2.75) is 57.0 Å². The maximum Gasteiger partial charge on any atom is 0.265 e. The van der Waals surface area contributed by atoms with Crippen molar-refractivity contribution in [1.29, 1.82) is 0 Å². The summed E-state index contributed by atoms with van der Waals surface area (Å²) < 4.78 is 32.7. The fourth-order valence-corrected chi connectivity index (χ4v) is 3.44. The molecular formula is C16H24N2O4S. The van der Waals surface area contributed by atoms with Gasteiger partial charge in [0.15, 0.2) is 6.10 Å². The number of fused-ring (bicyclic) bond motifs is 1. The summed E-state index contributed by atoms with van der Waals surface area (Å²) in [4.78, 5) is 12.2. The highest BCUT2D eigenvalue weighted by atomic mass is 32.2. The molecule has 7 heteroatoms. The van der Waals surface area contributed by atoms with Crippen LogP contribution in [0.5, 0.6) is 5.75 Å². The van der Waals surface area contributed by atoms with E-state index >= 15 is 0 Å². The standard InChI is InChI=1S/C16H24N2O4S/c1-3-5-7-15-16(19)18-13-11-12(8-9-14(13)22-15)23(20,21)17-10-6-4-2/h8-9,11,15,17H,3-7,10H2,1-2H3,(H,18,19)/t15-/m0/s1. The Bertz CT molecular complexity index is 658. The summed E-state index contributed by atoms with van der Waals surface area (Å²) in [6.07, 6.45) is 3.73. The third-order valence-electron chi connectivity index (χ3n) is 3.72. The molecule has 0 aliphatic carbocycles. The highest BCUT2D eigenvalue weighted by Gasteiger charge is 2.28. The number of anilines is 1. The van der Waals surface area contributed by atoms with Crippen LogP contribution in [0.15, 0.2) is 23.1 Å². The van der Waals surface area contributed by atoms with Gasteiger partial charge >= 0.3 is 0 Å². The lowest BCUT2D eigenvalue weighted by molar-refractivity contribution is -0.123. The van der Waals surface area contributed by atoms with Gasteiger partial charge in [-0.15, -0.1) is 0 Å².